The second-order valence-corrected chi connectivity index (χ2v) is 4.72. The summed E-state index contributed by atoms with van der Waals surface area (Å²) in [5, 5.41) is 2.51. The van der Waals surface area contributed by atoms with Gasteiger partial charge in [-0.25, -0.2) is 0 Å². The summed E-state index contributed by atoms with van der Waals surface area (Å²) in [6.07, 6.45) is 1.75. The number of hydrogen-bond acceptors (Lipinski definition) is 1. The van der Waals surface area contributed by atoms with Gasteiger partial charge in [0.15, 0.2) is 0 Å². The van der Waals surface area contributed by atoms with Crippen LogP contribution in [0.4, 0.5) is 0 Å². The van der Waals surface area contributed by atoms with Crippen LogP contribution in [-0.4, -0.2) is 6.29 Å². The molecule has 0 saturated heterocycles. The van der Waals surface area contributed by atoms with Crippen LogP contribution < -0.4 is 0 Å². The van der Waals surface area contributed by atoms with Crippen molar-refractivity contribution >= 4 is 17.1 Å². The molecule has 3 aromatic carbocycles. The first-order chi connectivity index (χ1) is 9.35. The van der Waals surface area contributed by atoms with Crippen LogP contribution in [0.1, 0.15) is 21.5 Å². The maximum absolute atomic E-state index is 10.8. The van der Waals surface area contributed by atoms with Crippen LogP contribution in [0.15, 0.2) is 66.7 Å². The highest BCUT2D eigenvalue weighted by Gasteiger charge is 1.99. The van der Waals surface area contributed by atoms with Gasteiger partial charge in [-0.3, -0.25) is 4.79 Å². The van der Waals surface area contributed by atoms with Crippen molar-refractivity contribution in [3.63, 3.8) is 0 Å². The van der Waals surface area contributed by atoms with Crippen molar-refractivity contribution in [3.05, 3.63) is 83.4 Å². The number of hydrogen-bond donors (Lipinski definition) is 0. The van der Waals surface area contributed by atoms with Crippen molar-refractivity contribution in [3.8, 4) is 0 Å². The maximum Gasteiger partial charge on any atom is 0.150 e. The Morgan fingerprint density at radius 2 is 1.53 bits per heavy atom. The van der Waals surface area contributed by atoms with Crippen molar-refractivity contribution in [2.24, 2.45) is 0 Å². The number of carbonyl (C=O) groups is 1. The first-order valence-electron chi connectivity index (χ1n) is 6.37. The van der Waals surface area contributed by atoms with Crippen LogP contribution in [0.5, 0.6) is 0 Å². The van der Waals surface area contributed by atoms with Crippen LogP contribution in [0.3, 0.4) is 0 Å². The van der Waals surface area contributed by atoms with E-state index in [0.717, 1.165) is 18.3 Å². The van der Waals surface area contributed by atoms with E-state index in [9.17, 15) is 4.79 Å². The quantitative estimate of drug-likeness (QED) is 0.632. The van der Waals surface area contributed by atoms with Gasteiger partial charge in [0.05, 0.1) is 0 Å². The van der Waals surface area contributed by atoms with Crippen LogP contribution in [-0.2, 0) is 6.42 Å². The average Bonchev–Trinajstić information content (AvgIpc) is 2.47. The van der Waals surface area contributed by atoms with E-state index in [1.165, 1.54) is 21.9 Å². The lowest BCUT2D eigenvalue weighted by molar-refractivity contribution is 0.112. The Morgan fingerprint density at radius 3 is 2.37 bits per heavy atom. The summed E-state index contributed by atoms with van der Waals surface area (Å²) in [7, 11) is 0. The van der Waals surface area contributed by atoms with Gasteiger partial charge in [0, 0.05) is 5.56 Å². The summed E-state index contributed by atoms with van der Waals surface area (Å²) in [5.41, 5.74) is 3.17. The molecular formula is C18H14O. The van der Waals surface area contributed by atoms with E-state index in [0.29, 0.717) is 0 Å². The summed E-state index contributed by atoms with van der Waals surface area (Å²) >= 11 is 0. The second-order valence-electron chi connectivity index (χ2n) is 4.72. The van der Waals surface area contributed by atoms with Gasteiger partial charge in [0.25, 0.3) is 0 Å². The Bertz CT molecular complexity index is 728. The first-order valence-corrected chi connectivity index (χ1v) is 6.37. The zero-order chi connectivity index (χ0) is 13.1. The van der Waals surface area contributed by atoms with Crippen molar-refractivity contribution < 1.29 is 4.79 Å². The molecule has 0 unspecified atom stereocenters. The molecule has 0 N–H and O–H groups in total. The van der Waals surface area contributed by atoms with Gasteiger partial charge in [0.2, 0.25) is 0 Å². The third-order valence-corrected chi connectivity index (χ3v) is 3.31. The summed E-state index contributed by atoms with van der Waals surface area (Å²) in [4.78, 5) is 10.8. The minimum absolute atomic E-state index is 0.735. The van der Waals surface area contributed by atoms with Gasteiger partial charge in [-0.05, 0) is 34.4 Å². The molecule has 0 aliphatic carbocycles. The summed E-state index contributed by atoms with van der Waals surface area (Å²) in [5.74, 6) is 0. The molecule has 0 heterocycles. The summed E-state index contributed by atoms with van der Waals surface area (Å²) < 4.78 is 0. The molecule has 0 spiro atoms. The molecule has 0 amide bonds. The fraction of sp³-hybridized carbons (Fsp3) is 0.0556. The van der Waals surface area contributed by atoms with Gasteiger partial charge >= 0.3 is 0 Å². The lowest BCUT2D eigenvalue weighted by Gasteiger charge is -2.05. The largest absolute Gasteiger partial charge is 0.298 e. The molecule has 0 aromatic heterocycles. The monoisotopic (exact) mass is 246 g/mol. The molecule has 0 radical (unpaired) electrons. The highest BCUT2D eigenvalue weighted by atomic mass is 16.1. The Balaban J connectivity index is 1.94. The molecule has 3 aromatic rings. The van der Waals surface area contributed by atoms with Crippen molar-refractivity contribution in [1.82, 2.24) is 0 Å². The lowest BCUT2D eigenvalue weighted by Crippen LogP contribution is -1.90. The van der Waals surface area contributed by atoms with Crippen LogP contribution in [0.2, 0.25) is 0 Å². The first kappa shape index (κ1) is 11.7. The molecule has 0 fully saturated rings. The van der Waals surface area contributed by atoms with Crippen molar-refractivity contribution in [2.75, 3.05) is 0 Å². The standard InChI is InChI=1S/C18H14O/c19-13-16-5-3-4-14(11-16)10-15-8-9-17-6-1-2-7-18(17)12-15/h1-9,11-13H,10H2. The van der Waals surface area contributed by atoms with E-state index >= 15 is 0 Å². The zero-order valence-electron chi connectivity index (χ0n) is 10.5. The van der Waals surface area contributed by atoms with Crippen LogP contribution >= 0.6 is 0 Å². The average molecular weight is 246 g/mol. The number of fused-ring (bicyclic) bond motifs is 1. The summed E-state index contributed by atoms with van der Waals surface area (Å²) in [6, 6.07) is 22.6. The Hall–Kier alpha value is -2.41. The Labute approximate surface area is 112 Å². The van der Waals surface area contributed by atoms with Crippen LogP contribution in [0.25, 0.3) is 10.8 Å². The maximum atomic E-state index is 10.8. The SMILES string of the molecule is O=Cc1cccc(Cc2ccc3ccccc3c2)c1. The summed E-state index contributed by atoms with van der Waals surface area (Å²) in [6.45, 7) is 0. The molecule has 0 saturated carbocycles. The molecular weight excluding hydrogens is 232 g/mol. The highest BCUT2D eigenvalue weighted by molar-refractivity contribution is 5.83. The van der Waals surface area contributed by atoms with E-state index in [-0.39, 0.29) is 0 Å². The molecule has 3 rings (SSSR count). The molecule has 19 heavy (non-hydrogen) atoms. The minimum atomic E-state index is 0.735. The molecule has 92 valence electrons. The van der Waals surface area contributed by atoms with E-state index in [4.69, 9.17) is 0 Å². The van der Waals surface area contributed by atoms with Gasteiger partial charge in [-0.2, -0.15) is 0 Å². The molecule has 0 atom stereocenters. The number of aldehydes is 1. The van der Waals surface area contributed by atoms with Gasteiger partial charge < -0.3 is 0 Å². The number of carbonyl (C=O) groups excluding carboxylic acids is 1. The third-order valence-electron chi connectivity index (χ3n) is 3.31. The lowest BCUT2D eigenvalue weighted by atomic mass is 10.0. The normalized spacial score (nSPS) is 10.5. The fourth-order valence-corrected chi connectivity index (χ4v) is 2.36. The Kier molecular flexibility index (Phi) is 3.11. The van der Waals surface area contributed by atoms with Gasteiger partial charge in [-0.15, -0.1) is 0 Å². The number of rotatable bonds is 3. The molecule has 0 bridgehead atoms. The second kappa shape index (κ2) is 5.07. The van der Waals surface area contributed by atoms with Gasteiger partial charge in [-0.1, -0.05) is 60.7 Å². The minimum Gasteiger partial charge on any atom is -0.298 e. The highest BCUT2D eigenvalue weighted by Crippen LogP contribution is 2.18. The van der Waals surface area contributed by atoms with E-state index in [1.54, 1.807) is 0 Å². The zero-order valence-corrected chi connectivity index (χ0v) is 10.5. The predicted molar refractivity (Wildman–Crippen MR) is 78.6 cm³/mol. The van der Waals surface area contributed by atoms with Gasteiger partial charge in [0.1, 0.15) is 6.29 Å². The molecule has 0 aliphatic rings. The van der Waals surface area contributed by atoms with Crippen LogP contribution in [0, 0.1) is 0 Å². The molecule has 0 aliphatic heterocycles. The number of benzene rings is 3. The van der Waals surface area contributed by atoms with E-state index in [2.05, 4.69) is 48.5 Å². The van der Waals surface area contributed by atoms with Crippen molar-refractivity contribution in [1.29, 1.82) is 0 Å². The fourth-order valence-electron chi connectivity index (χ4n) is 2.36. The topological polar surface area (TPSA) is 17.1 Å². The van der Waals surface area contributed by atoms with E-state index in [1.807, 2.05) is 18.2 Å². The molecule has 1 heteroatoms. The van der Waals surface area contributed by atoms with E-state index < -0.39 is 0 Å². The Morgan fingerprint density at radius 1 is 0.737 bits per heavy atom. The van der Waals surface area contributed by atoms with Crippen molar-refractivity contribution in [2.45, 2.75) is 6.42 Å². The third kappa shape index (κ3) is 2.55. The smallest absolute Gasteiger partial charge is 0.150 e. The molecule has 1 nitrogen and oxygen atoms in total. The predicted octanol–water partition coefficient (Wildman–Crippen LogP) is 4.24.